The summed E-state index contributed by atoms with van der Waals surface area (Å²) >= 11 is 0. The van der Waals surface area contributed by atoms with E-state index in [0.29, 0.717) is 11.7 Å². The van der Waals surface area contributed by atoms with Crippen LogP contribution in [0, 0.1) is 0 Å². The van der Waals surface area contributed by atoms with E-state index in [2.05, 4.69) is 4.90 Å². The second-order valence-electron chi connectivity index (χ2n) is 5.08. The van der Waals surface area contributed by atoms with Crippen LogP contribution in [-0.4, -0.2) is 40.9 Å². The van der Waals surface area contributed by atoms with Crippen molar-refractivity contribution in [1.29, 1.82) is 0 Å². The lowest BCUT2D eigenvalue weighted by Crippen LogP contribution is -2.38. The molecule has 19 heavy (non-hydrogen) atoms. The average Bonchev–Trinajstić information content (AvgIpc) is 2.39. The van der Waals surface area contributed by atoms with E-state index in [0.717, 1.165) is 32.5 Å². The van der Waals surface area contributed by atoms with Crippen molar-refractivity contribution in [2.75, 3.05) is 19.7 Å². The molecular weight excluding hydrogens is 242 g/mol. The standard InChI is InChI=1S/C15H23NO3/c1-3-19-12-7-9-16(10-8-12)11(2)15-13(17)5-4-6-14(15)18/h4-6,11-12,17-18H,3,7-10H2,1-2H3. The normalized spacial score (nSPS) is 19.5. The minimum absolute atomic E-state index is 0.0174. The molecule has 1 atom stereocenters. The third-order valence-electron chi connectivity index (χ3n) is 3.90. The Balaban J connectivity index is 2.03. The molecule has 1 heterocycles. The number of ether oxygens (including phenoxy) is 1. The molecule has 4 heteroatoms. The second kappa shape index (κ2) is 6.26. The average molecular weight is 265 g/mol. The van der Waals surface area contributed by atoms with Gasteiger partial charge in [-0.2, -0.15) is 0 Å². The van der Waals surface area contributed by atoms with E-state index in [4.69, 9.17) is 4.74 Å². The highest BCUT2D eigenvalue weighted by atomic mass is 16.5. The topological polar surface area (TPSA) is 52.9 Å². The summed E-state index contributed by atoms with van der Waals surface area (Å²) < 4.78 is 5.64. The van der Waals surface area contributed by atoms with E-state index in [9.17, 15) is 10.2 Å². The number of likely N-dealkylation sites (tertiary alicyclic amines) is 1. The molecule has 0 bridgehead atoms. The highest BCUT2D eigenvalue weighted by molar-refractivity contribution is 5.45. The highest BCUT2D eigenvalue weighted by Crippen LogP contribution is 2.36. The Bertz CT molecular complexity index is 394. The van der Waals surface area contributed by atoms with Crippen LogP contribution in [0.15, 0.2) is 18.2 Å². The van der Waals surface area contributed by atoms with Crippen molar-refractivity contribution in [3.05, 3.63) is 23.8 Å². The molecule has 0 aromatic heterocycles. The Labute approximate surface area is 114 Å². The Hall–Kier alpha value is -1.26. The molecule has 2 N–H and O–H groups in total. The summed E-state index contributed by atoms with van der Waals surface area (Å²) in [6.45, 7) is 6.67. The SMILES string of the molecule is CCOC1CCN(C(C)c2c(O)cccc2O)CC1. The fourth-order valence-corrected chi connectivity index (χ4v) is 2.82. The Morgan fingerprint density at radius 3 is 2.37 bits per heavy atom. The molecule has 2 rings (SSSR count). The Morgan fingerprint density at radius 1 is 1.26 bits per heavy atom. The van der Waals surface area contributed by atoms with Gasteiger partial charge in [-0.05, 0) is 38.8 Å². The summed E-state index contributed by atoms with van der Waals surface area (Å²) in [6, 6.07) is 4.92. The first-order valence-electron chi connectivity index (χ1n) is 7.00. The number of nitrogens with zero attached hydrogens (tertiary/aromatic N) is 1. The number of piperidine rings is 1. The molecule has 1 fully saturated rings. The summed E-state index contributed by atoms with van der Waals surface area (Å²) in [6.07, 6.45) is 2.37. The summed E-state index contributed by atoms with van der Waals surface area (Å²) in [5, 5.41) is 19.8. The van der Waals surface area contributed by atoms with Crippen molar-refractivity contribution in [1.82, 2.24) is 4.90 Å². The molecule has 1 aromatic rings. The van der Waals surface area contributed by atoms with Crippen LogP contribution in [0.25, 0.3) is 0 Å². The van der Waals surface area contributed by atoms with Crippen LogP contribution < -0.4 is 0 Å². The van der Waals surface area contributed by atoms with Crippen molar-refractivity contribution >= 4 is 0 Å². The zero-order valence-electron chi connectivity index (χ0n) is 11.7. The molecule has 0 aliphatic carbocycles. The van der Waals surface area contributed by atoms with Crippen molar-refractivity contribution in [2.24, 2.45) is 0 Å². The fraction of sp³-hybridized carbons (Fsp3) is 0.600. The van der Waals surface area contributed by atoms with Crippen LogP contribution in [0.2, 0.25) is 0 Å². The van der Waals surface area contributed by atoms with Crippen LogP contribution in [0.1, 0.15) is 38.3 Å². The van der Waals surface area contributed by atoms with Crippen LogP contribution >= 0.6 is 0 Å². The molecule has 0 spiro atoms. The van der Waals surface area contributed by atoms with E-state index in [-0.39, 0.29) is 17.5 Å². The maximum absolute atomic E-state index is 9.92. The predicted octanol–water partition coefficient (Wildman–Crippen LogP) is 2.66. The molecule has 1 aromatic carbocycles. The summed E-state index contributed by atoms with van der Waals surface area (Å²) in [5.41, 5.74) is 0.623. The molecular formula is C15H23NO3. The van der Waals surface area contributed by atoms with Crippen LogP contribution in [0.4, 0.5) is 0 Å². The number of hydrogen-bond donors (Lipinski definition) is 2. The summed E-state index contributed by atoms with van der Waals surface area (Å²) in [5.74, 6) is 0.332. The van der Waals surface area contributed by atoms with Gasteiger partial charge in [-0.3, -0.25) is 4.90 Å². The maximum Gasteiger partial charge on any atom is 0.124 e. The fourth-order valence-electron chi connectivity index (χ4n) is 2.82. The largest absolute Gasteiger partial charge is 0.507 e. The van der Waals surface area contributed by atoms with Gasteiger partial charge in [0, 0.05) is 25.7 Å². The molecule has 4 nitrogen and oxygen atoms in total. The Morgan fingerprint density at radius 2 is 1.84 bits per heavy atom. The zero-order chi connectivity index (χ0) is 13.8. The van der Waals surface area contributed by atoms with E-state index < -0.39 is 0 Å². The minimum Gasteiger partial charge on any atom is -0.507 e. The van der Waals surface area contributed by atoms with Crippen molar-refractivity contribution in [2.45, 2.75) is 38.8 Å². The number of hydrogen-bond acceptors (Lipinski definition) is 4. The Kier molecular flexibility index (Phi) is 4.66. The summed E-state index contributed by atoms with van der Waals surface area (Å²) in [7, 11) is 0. The van der Waals surface area contributed by atoms with E-state index in [1.807, 2.05) is 13.8 Å². The van der Waals surface area contributed by atoms with Crippen LogP contribution in [0.5, 0.6) is 11.5 Å². The summed E-state index contributed by atoms with van der Waals surface area (Å²) in [4.78, 5) is 2.28. The van der Waals surface area contributed by atoms with E-state index >= 15 is 0 Å². The third-order valence-corrected chi connectivity index (χ3v) is 3.90. The molecule has 1 aliphatic rings. The zero-order valence-corrected chi connectivity index (χ0v) is 11.7. The van der Waals surface area contributed by atoms with Gasteiger partial charge in [-0.15, -0.1) is 0 Å². The van der Waals surface area contributed by atoms with E-state index in [1.54, 1.807) is 18.2 Å². The van der Waals surface area contributed by atoms with Gasteiger partial charge in [-0.25, -0.2) is 0 Å². The van der Waals surface area contributed by atoms with Gasteiger partial charge >= 0.3 is 0 Å². The first-order valence-corrected chi connectivity index (χ1v) is 7.00. The number of phenols is 2. The first kappa shape index (κ1) is 14.2. The first-order chi connectivity index (χ1) is 9.13. The van der Waals surface area contributed by atoms with Crippen molar-refractivity contribution < 1.29 is 14.9 Å². The van der Waals surface area contributed by atoms with Gasteiger partial charge in [-0.1, -0.05) is 6.07 Å². The van der Waals surface area contributed by atoms with Gasteiger partial charge in [0.25, 0.3) is 0 Å². The molecule has 0 amide bonds. The van der Waals surface area contributed by atoms with Crippen LogP contribution in [-0.2, 0) is 4.74 Å². The van der Waals surface area contributed by atoms with Crippen molar-refractivity contribution in [3.8, 4) is 11.5 Å². The quantitative estimate of drug-likeness (QED) is 0.878. The third kappa shape index (κ3) is 3.19. The van der Waals surface area contributed by atoms with Gasteiger partial charge in [0.05, 0.1) is 11.7 Å². The number of aromatic hydroxyl groups is 2. The lowest BCUT2D eigenvalue weighted by molar-refractivity contribution is 0.00517. The highest BCUT2D eigenvalue weighted by Gasteiger charge is 2.26. The predicted molar refractivity (Wildman–Crippen MR) is 74.4 cm³/mol. The molecule has 106 valence electrons. The molecule has 1 saturated heterocycles. The molecule has 1 unspecified atom stereocenters. The molecule has 0 saturated carbocycles. The minimum atomic E-state index is 0.0174. The van der Waals surface area contributed by atoms with E-state index in [1.165, 1.54) is 0 Å². The molecule has 1 aliphatic heterocycles. The van der Waals surface area contributed by atoms with Crippen LogP contribution in [0.3, 0.4) is 0 Å². The lowest BCUT2D eigenvalue weighted by atomic mass is 10.00. The van der Waals surface area contributed by atoms with Gasteiger partial charge in [0.15, 0.2) is 0 Å². The smallest absolute Gasteiger partial charge is 0.124 e. The number of phenolic OH excluding ortho intramolecular Hbond substituents is 2. The number of benzene rings is 1. The lowest BCUT2D eigenvalue weighted by Gasteiger charge is -2.36. The van der Waals surface area contributed by atoms with Crippen molar-refractivity contribution in [3.63, 3.8) is 0 Å². The monoisotopic (exact) mass is 265 g/mol. The second-order valence-corrected chi connectivity index (χ2v) is 5.08. The number of rotatable bonds is 4. The maximum atomic E-state index is 9.92. The van der Waals surface area contributed by atoms with Gasteiger partial charge in [0.1, 0.15) is 11.5 Å². The van der Waals surface area contributed by atoms with Gasteiger partial charge < -0.3 is 14.9 Å². The van der Waals surface area contributed by atoms with Gasteiger partial charge in [0.2, 0.25) is 0 Å². The molecule has 0 radical (unpaired) electrons.